The van der Waals surface area contributed by atoms with Crippen molar-refractivity contribution in [3.05, 3.63) is 0 Å². The zero-order chi connectivity index (χ0) is 10.1. The summed E-state index contributed by atoms with van der Waals surface area (Å²) in [6.07, 6.45) is 0.127. The number of ether oxygens (including phenoxy) is 1. The number of hydrogen-bond donors (Lipinski definition) is 1. The highest BCUT2D eigenvalue weighted by Gasteiger charge is 2.42. The number of alkyl halides is 2. The second-order valence-corrected chi connectivity index (χ2v) is 4.36. The molecule has 0 unspecified atom stereocenters. The molecule has 1 aliphatic rings. The Hall–Kier alpha value is -0.220. The van der Waals surface area contributed by atoms with Crippen molar-refractivity contribution >= 4 is 0 Å². The van der Waals surface area contributed by atoms with Gasteiger partial charge in [0.15, 0.2) is 0 Å². The summed E-state index contributed by atoms with van der Waals surface area (Å²) in [5.41, 5.74) is -1.08. The molecular weight excluding hydrogens is 176 g/mol. The zero-order valence-electron chi connectivity index (χ0n) is 8.36. The molecule has 0 aliphatic carbocycles. The average Bonchev–Trinajstić information content (AvgIpc) is 1.80. The highest BCUT2D eigenvalue weighted by atomic mass is 19.3. The minimum absolute atomic E-state index is 0.114. The summed E-state index contributed by atoms with van der Waals surface area (Å²) in [5, 5.41) is 3.02. The van der Waals surface area contributed by atoms with Gasteiger partial charge in [-0.2, -0.15) is 0 Å². The van der Waals surface area contributed by atoms with Crippen molar-refractivity contribution in [3.8, 4) is 0 Å². The topological polar surface area (TPSA) is 21.3 Å². The quantitative estimate of drug-likeness (QED) is 0.733. The first-order valence-electron chi connectivity index (χ1n) is 4.53. The second-order valence-electron chi connectivity index (χ2n) is 4.36. The van der Waals surface area contributed by atoms with E-state index < -0.39 is 11.3 Å². The molecule has 0 amide bonds. The van der Waals surface area contributed by atoms with E-state index in [1.807, 2.05) is 0 Å². The predicted octanol–water partition coefficient (Wildman–Crippen LogP) is 1.66. The van der Waals surface area contributed by atoms with Gasteiger partial charge in [-0.25, -0.2) is 8.78 Å². The van der Waals surface area contributed by atoms with Gasteiger partial charge in [0, 0.05) is 13.1 Å². The van der Waals surface area contributed by atoms with E-state index in [0.29, 0.717) is 0 Å². The van der Waals surface area contributed by atoms with Crippen molar-refractivity contribution in [2.24, 2.45) is 5.41 Å². The summed E-state index contributed by atoms with van der Waals surface area (Å²) in [5.74, 6) is -2.69. The van der Waals surface area contributed by atoms with E-state index in [-0.39, 0.29) is 12.7 Å². The molecule has 0 bridgehead atoms. The minimum atomic E-state index is -2.69. The van der Waals surface area contributed by atoms with Gasteiger partial charge in [0.1, 0.15) is 0 Å². The molecule has 1 heterocycles. The summed E-state index contributed by atoms with van der Waals surface area (Å²) < 4.78 is 31.3. The first-order valence-corrected chi connectivity index (χ1v) is 4.53. The van der Waals surface area contributed by atoms with Gasteiger partial charge >= 0.3 is 0 Å². The molecule has 0 spiro atoms. The molecule has 78 valence electrons. The molecule has 0 aromatic heterocycles. The average molecular weight is 193 g/mol. The summed E-state index contributed by atoms with van der Waals surface area (Å²) in [6, 6.07) is 0. The Labute approximate surface area is 77.6 Å². The molecular formula is C9H17F2NO. The maximum Gasteiger partial charge on any atom is 0.252 e. The Kier molecular flexibility index (Phi) is 2.92. The third-order valence-corrected chi connectivity index (χ3v) is 2.61. The maximum atomic E-state index is 13.0. The molecule has 1 saturated heterocycles. The van der Waals surface area contributed by atoms with E-state index in [1.54, 1.807) is 0 Å². The standard InChI is InChI=1S/C9H17F2NO/c1-8(2,9(3,10)11)6-13-7-4-12-5-7/h7,12H,4-6H2,1-3H3. The molecule has 0 aromatic carbocycles. The molecule has 0 saturated carbocycles. The number of rotatable bonds is 4. The van der Waals surface area contributed by atoms with Gasteiger partial charge in [0.25, 0.3) is 5.92 Å². The Morgan fingerprint density at radius 3 is 2.15 bits per heavy atom. The van der Waals surface area contributed by atoms with Crippen LogP contribution in [0, 0.1) is 5.41 Å². The van der Waals surface area contributed by atoms with Crippen LogP contribution in [-0.4, -0.2) is 31.7 Å². The van der Waals surface area contributed by atoms with Crippen molar-refractivity contribution in [2.75, 3.05) is 19.7 Å². The van der Waals surface area contributed by atoms with Crippen LogP contribution >= 0.6 is 0 Å². The molecule has 1 N–H and O–H groups in total. The molecule has 13 heavy (non-hydrogen) atoms. The molecule has 0 radical (unpaired) electrons. The summed E-state index contributed by atoms with van der Waals surface area (Å²) >= 11 is 0. The fourth-order valence-corrected chi connectivity index (χ4v) is 0.833. The van der Waals surface area contributed by atoms with Crippen LogP contribution in [0.4, 0.5) is 8.78 Å². The van der Waals surface area contributed by atoms with Gasteiger partial charge in [0.2, 0.25) is 0 Å². The smallest absolute Gasteiger partial charge is 0.252 e. The second kappa shape index (κ2) is 3.50. The van der Waals surface area contributed by atoms with E-state index >= 15 is 0 Å². The normalized spacial score (nSPS) is 20.1. The largest absolute Gasteiger partial charge is 0.375 e. The Morgan fingerprint density at radius 2 is 1.85 bits per heavy atom. The van der Waals surface area contributed by atoms with E-state index in [2.05, 4.69) is 5.32 Å². The van der Waals surface area contributed by atoms with Crippen molar-refractivity contribution in [3.63, 3.8) is 0 Å². The highest BCUT2D eigenvalue weighted by molar-refractivity contribution is 4.83. The van der Waals surface area contributed by atoms with Gasteiger partial charge in [-0.3, -0.25) is 0 Å². The van der Waals surface area contributed by atoms with Gasteiger partial charge in [-0.15, -0.1) is 0 Å². The van der Waals surface area contributed by atoms with E-state index in [1.165, 1.54) is 13.8 Å². The van der Waals surface area contributed by atoms with Gasteiger partial charge < -0.3 is 10.1 Å². The van der Waals surface area contributed by atoms with Crippen LogP contribution in [0.15, 0.2) is 0 Å². The lowest BCUT2D eigenvalue weighted by Gasteiger charge is -2.35. The first-order chi connectivity index (χ1) is 5.83. The molecule has 2 nitrogen and oxygen atoms in total. The Morgan fingerprint density at radius 1 is 1.31 bits per heavy atom. The van der Waals surface area contributed by atoms with Crippen molar-refractivity contribution < 1.29 is 13.5 Å². The highest BCUT2D eigenvalue weighted by Crippen LogP contribution is 2.36. The van der Waals surface area contributed by atoms with Crippen LogP contribution in [0.1, 0.15) is 20.8 Å². The number of hydrogen-bond acceptors (Lipinski definition) is 2. The third kappa shape index (κ3) is 2.61. The summed E-state index contributed by atoms with van der Waals surface area (Å²) in [6.45, 7) is 5.67. The number of nitrogens with one attached hydrogen (secondary N) is 1. The van der Waals surface area contributed by atoms with Crippen molar-refractivity contribution in [2.45, 2.75) is 32.8 Å². The SMILES string of the molecule is CC(F)(F)C(C)(C)COC1CNC1. The fraction of sp³-hybridized carbons (Fsp3) is 1.00. The lowest BCUT2D eigenvalue weighted by molar-refractivity contribution is -0.138. The van der Waals surface area contributed by atoms with E-state index in [4.69, 9.17) is 4.74 Å². The summed E-state index contributed by atoms with van der Waals surface area (Å²) in [7, 11) is 0. The van der Waals surface area contributed by atoms with Crippen molar-refractivity contribution in [1.82, 2.24) is 5.32 Å². The van der Waals surface area contributed by atoms with Crippen molar-refractivity contribution in [1.29, 1.82) is 0 Å². The molecule has 1 aliphatic heterocycles. The molecule has 4 heteroatoms. The number of halogens is 2. The van der Waals surface area contributed by atoms with Crippen LogP contribution in [-0.2, 0) is 4.74 Å². The molecule has 0 aromatic rings. The van der Waals surface area contributed by atoms with Gasteiger partial charge in [-0.05, 0) is 6.92 Å². The Balaban J connectivity index is 2.32. The van der Waals surface area contributed by atoms with E-state index in [0.717, 1.165) is 20.0 Å². The van der Waals surface area contributed by atoms with E-state index in [9.17, 15) is 8.78 Å². The lowest BCUT2D eigenvalue weighted by Crippen LogP contribution is -2.50. The zero-order valence-corrected chi connectivity index (χ0v) is 8.36. The van der Waals surface area contributed by atoms with Gasteiger partial charge in [-0.1, -0.05) is 13.8 Å². The molecule has 1 fully saturated rings. The Bertz CT molecular complexity index is 173. The third-order valence-electron chi connectivity index (χ3n) is 2.61. The summed E-state index contributed by atoms with van der Waals surface area (Å²) in [4.78, 5) is 0. The molecule has 1 rings (SSSR count). The van der Waals surface area contributed by atoms with Gasteiger partial charge in [0.05, 0.1) is 18.1 Å². The monoisotopic (exact) mass is 193 g/mol. The van der Waals surface area contributed by atoms with Crippen LogP contribution in [0.25, 0.3) is 0 Å². The van der Waals surface area contributed by atoms with Crippen LogP contribution in [0.2, 0.25) is 0 Å². The van der Waals surface area contributed by atoms with Crippen LogP contribution in [0.3, 0.4) is 0 Å². The van der Waals surface area contributed by atoms with Crippen LogP contribution < -0.4 is 5.32 Å². The minimum Gasteiger partial charge on any atom is -0.375 e. The maximum absolute atomic E-state index is 13.0. The predicted molar refractivity (Wildman–Crippen MR) is 47.0 cm³/mol. The lowest BCUT2D eigenvalue weighted by atomic mass is 9.87. The first kappa shape index (κ1) is 10.9. The molecule has 0 atom stereocenters. The fourth-order valence-electron chi connectivity index (χ4n) is 0.833. The van der Waals surface area contributed by atoms with Crippen LogP contribution in [0.5, 0.6) is 0 Å².